The largest absolute Gasteiger partial charge is 0.419 e. The minimum absolute atomic E-state index is 0.278. The molecule has 1 atom stereocenters. The Balaban J connectivity index is 4.33. The third-order valence-corrected chi connectivity index (χ3v) is 3.03. The van der Waals surface area contributed by atoms with Crippen LogP contribution in [0.25, 0.3) is 0 Å². The summed E-state index contributed by atoms with van der Waals surface area (Å²) in [5.41, 5.74) is 0.817. The highest BCUT2D eigenvalue weighted by molar-refractivity contribution is 9.11. The van der Waals surface area contributed by atoms with E-state index in [0.717, 1.165) is 5.57 Å². The Morgan fingerprint density at radius 3 is 2.15 bits per heavy atom. The first-order valence-electron chi connectivity index (χ1n) is 3.52. The number of allylic oxidation sites excluding steroid dienone is 1. The fourth-order valence-corrected chi connectivity index (χ4v) is 2.26. The minimum atomic E-state index is -2.96. The summed E-state index contributed by atoms with van der Waals surface area (Å²) in [6.07, 6.45) is 1.17. The molecule has 0 rings (SSSR count). The normalized spacial score (nSPS) is 12.3. The molecule has 7 heteroatoms. The lowest BCUT2D eigenvalue weighted by Crippen LogP contribution is -1.91. The van der Waals surface area contributed by atoms with E-state index >= 15 is 0 Å². The maximum atomic E-state index is 10.4. The van der Waals surface area contributed by atoms with E-state index in [0.29, 0.717) is 24.6 Å². The van der Waals surface area contributed by atoms with Crippen LogP contribution in [-0.2, 0) is 9.09 Å². The summed E-state index contributed by atoms with van der Waals surface area (Å²) < 4.78 is 15.2. The van der Waals surface area contributed by atoms with Crippen molar-refractivity contribution >= 4 is 47.4 Å². The van der Waals surface area contributed by atoms with Crippen LogP contribution in [0.5, 0.6) is 0 Å². The average molecular weight is 312 g/mol. The van der Waals surface area contributed by atoms with Gasteiger partial charge in [-0.15, -0.1) is 23.2 Å². The molecule has 1 unspecified atom stereocenters. The lowest BCUT2D eigenvalue weighted by atomic mass is 10.2. The third-order valence-electron chi connectivity index (χ3n) is 1.25. The molecule has 0 radical (unpaired) electrons. The van der Waals surface area contributed by atoms with Gasteiger partial charge in [-0.1, -0.05) is 0 Å². The molecular weight excluding hydrogens is 302 g/mol. The second-order valence-electron chi connectivity index (χ2n) is 2.12. The Bertz CT molecular complexity index is 202. The highest BCUT2D eigenvalue weighted by Gasteiger charge is 2.06. The zero-order chi connectivity index (χ0) is 10.3. The second-order valence-corrected chi connectivity index (χ2v) is 4.34. The number of alkyl halides is 2. The average Bonchev–Trinajstić information content (AvgIpc) is 2.02. The summed E-state index contributed by atoms with van der Waals surface area (Å²) >= 11 is 14.1. The quantitative estimate of drug-likeness (QED) is 0.465. The monoisotopic (exact) mass is 310 g/mol. The van der Waals surface area contributed by atoms with Crippen LogP contribution in [0.1, 0.15) is 12.8 Å². The zero-order valence-electron chi connectivity index (χ0n) is 6.73. The molecule has 0 amide bonds. The molecule has 0 aliphatic rings. The molecule has 78 valence electrons. The van der Waals surface area contributed by atoms with Gasteiger partial charge in [0, 0.05) is 11.8 Å². The topological polar surface area (TPSA) is 46.5 Å². The summed E-state index contributed by atoms with van der Waals surface area (Å²) in [6, 6.07) is 0. The van der Waals surface area contributed by atoms with Gasteiger partial charge < -0.3 is 9.42 Å². The highest BCUT2D eigenvalue weighted by Crippen LogP contribution is 2.29. The van der Waals surface area contributed by atoms with Gasteiger partial charge in [0.25, 0.3) is 0 Å². The first-order chi connectivity index (χ1) is 6.11. The van der Waals surface area contributed by atoms with Crippen molar-refractivity contribution in [2.24, 2.45) is 0 Å². The lowest BCUT2D eigenvalue weighted by Gasteiger charge is -2.07. The summed E-state index contributed by atoms with van der Waals surface area (Å²) in [5, 5.41) is 0. The molecule has 0 aromatic heterocycles. The fourth-order valence-electron chi connectivity index (χ4n) is 0.698. The third kappa shape index (κ3) is 6.81. The summed E-state index contributed by atoms with van der Waals surface area (Å²) in [5.74, 6) is 0.855. The number of rotatable bonds is 6. The van der Waals surface area contributed by atoms with Crippen molar-refractivity contribution in [3.8, 4) is 0 Å². The van der Waals surface area contributed by atoms with Gasteiger partial charge in [-0.25, -0.2) is 4.57 Å². The molecule has 0 spiro atoms. The predicted molar refractivity (Wildman–Crippen MR) is 58.9 cm³/mol. The molecule has 13 heavy (non-hydrogen) atoms. The van der Waals surface area contributed by atoms with Crippen LogP contribution in [0.15, 0.2) is 10.2 Å². The lowest BCUT2D eigenvalue weighted by molar-refractivity contribution is 0.369. The van der Waals surface area contributed by atoms with Crippen LogP contribution in [0, 0.1) is 0 Å². The van der Waals surface area contributed by atoms with E-state index in [1.807, 2.05) is 0 Å². The van der Waals surface area contributed by atoms with Crippen molar-refractivity contribution in [3.63, 3.8) is 0 Å². The molecular formula is C6H10BrCl2O3P. The smallest absolute Gasteiger partial charge is 0.365 e. The summed E-state index contributed by atoms with van der Waals surface area (Å²) in [7, 11) is -2.96. The molecule has 0 aromatic carbocycles. The van der Waals surface area contributed by atoms with E-state index in [2.05, 4.69) is 20.5 Å². The number of halogens is 3. The standard InChI is InChI=1S/C6H10BrCl2O3P/c7-6(12-13(10)11)5(1-3-8)2-4-9/h13H,1-4H2,(H,10,11). The van der Waals surface area contributed by atoms with Crippen molar-refractivity contribution in [1.82, 2.24) is 0 Å². The van der Waals surface area contributed by atoms with Crippen LogP contribution >= 0.6 is 47.4 Å². The molecule has 0 bridgehead atoms. The molecule has 3 nitrogen and oxygen atoms in total. The molecule has 0 heterocycles. The first kappa shape index (κ1) is 13.8. The van der Waals surface area contributed by atoms with Crippen molar-refractivity contribution in [2.45, 2.75) is 12.8 Å². The highest BCUT2D eigenvalue weighted by atomic mass is 79.9. The molecule has 0 aromatic rings. The van der Waals surface area contributed by atoms with Gasteiger partial charge in [-0.3, -0.25) is 0 Å². The Hall–Kier alpha value is 0.790. The van der Waals surface area contributed by atoms with Gasteiger partial charge in [0.2, 0.25) is 0 Å². The second kappa shape index (κ2) is 8.13. The van der Waals surface area contributed by atoms with Crippen LogP contribution in [0.3, 0.4) is 0 Å². The number of hydrogen-bond donors (Lipinski definition) is 1. The van der Waals surface area contributed by atoms with Gasteiger partial charge in [0.15, 0.2) is 4.67 Å². The van der Waals surface area contributed by atoms with E-state index in [4.69, 9.17) is 28.1 Å². The zero-order valence-corrected chi connectivity index (χ0v) is 10.8. The Labute approximate surface area is 96.1 Å². The van der Waals surface area contributed by atoms with Gasteiger partial charge in [-0.05, 0) is 34.3 Å². The van der Waals surface area contributed by atoms with Gasteiger partial charge in [0.1, 0.15) is 0 Å². The fraction of sp³-hybridized carbons (Fsp3) is 0.667. The van der Waals surface area contributed by atoms with E-state index in [-0.39, 0.29) is 4.67 Å². The first-order valence-corrected chi connectivity index (χ1v) is 6.64. The molecule has 1 N–H and O–H groups in total. The molecule has 0 aliphatic carbocycles. The SMILES string of the molecule is O=[PH](O)OC(Br)=C(CCCl)CCCl. The Morgan fingerprint density at radius 1 is 1.38 bits per heavy atom. The van der Waals surface area contributed by atoms with Crippen LogP contribution in [-0.4, -0.2) is 16.7 Å². The van der Waals surface area contributed by atoms with Crippen molar-refractivity contribution < 1.29 is 14.0 Å². The minimum Gasteiger partial charge on any atom is -0.419 e. The molecule has 0 saturated heterocycles. The molecule has 0 saturated carbocycles. The van der Waals surface area contributed by atoms with Crippen LogP contribution in [0.4, 0.5) is 0 Å². The molecule has 0 aliphatic heterocycles. The van der Waals surface area contributed by atoms with Crippen molar-refractivity contribution in [1.29, 1.82) is 0 Å². The Kier molecular flexibility index (Phi) is 8.62. The van der Waals surface area contributed by atoms with Crippen molar-refractivity contribution in [2.75, 3.05) is 11.8 Å². The Morgan fingerprint density at radius 2 is 1.85 bits per heavy atom. The maximum absolute atomic E-state index is 10.4. The van der Waals surface area contributed by atoms with Crippen molar-refractivity contribution in [3.05, 3.63) is 10.2 Å². The van der Waals surface area contributed by atoms with Gasteiger partial charge >= 0.3 is 8.25 Å². The van der Waals surface area contributed by atoms with E-state index in [1.165, 1.54) is 0 Å². The van der Waals surface area contributed by atoms with E-state index in [9.17, 15) is 4.57 Å². The molecule has 0 fully saturated rings. The summed E-state index contributed by atoms with van der Waals surface area (Å²) in [6.45, 7) is 0. The summed E-state index contributed by atoms with van der Waals surface area (Å²) in [4.78, 5) is 8.50. The van der Waals surface area contributed by atoms with Crippen LogP contribution in [0.2, 0.25) is 0 Å². The van der Waals surface area contributed by atoms with E-state index in [1.54, 1.807) is 0 Å². The number of hydrogen-bond acceptors (Lipinski definition) is 2. The van der Waals surface area contributed by atoms with Crippen LogP contribution < -0.4 is 0 Å². The van der Waals surface area contributed by atoms with E-state index < -0.39 is 8.25 Å². The maximum Gasteiger partial charge on any atom is 0.365 e. The van der Waals surface area contributed by atoms with Gasteiger partial charge in [0.05, 0.1) is 0 Å². The van der Waals surface area contributed by atoms with Gasteiger partial charge in [-0.2, -0.15) is 0 Å². The predicted octanol–water partition coefficient (Wildman–Crippen LogP) is 3.25.